The summed E-state index contributed by atoms with van der Waals surface area (Å²) in [6.07, 6.45) is 3.50. The van der Waals surface area contributed by atoms with Gasteiger partial charge in [-0.25, -0.2) is 0 Å². The Hall–Kier alpha value is -2.71. The molecule has 2 aromatic carbocycles. The first-order chi connectivity index (χ1) is 16.1. The van der Waals surface area contributed by atoms with Crippen molar-refractivity contribution in [1.29, 1.82) is 0 Å². The lowest BCUT2D eigenvalue weighted by atomic mass is 10.1. The topological polar surface area (TPSA) is 63.5 Å². The molecule has 1 amide bonds. The van der Waals surface area contributed by atoms with Gasteiger partial charge in [-0.15, -0.1) is 10.2 Å². The van der Waals surface area contributed by atoms with Crippen LogP contribution < -0.4 is 9.64 Å². The standard InChI is InChI=1S/C24H28ClN5O2S/c1-28(16-18-9-8-10-19(25)15-18)22(31)17-33-24-27-26-23(29-13-6-3-7-14-29)30(24)20-11-4-5-12-21(20)32-2/h4-5,8-12,15H,3,6-7,13-14,16-17H2,1-2H3. The second kappa shape index (κ2) is 10.9. The maximum Gasteiger partial charge on any atom is 0.233 e. The van der Waals surface area contributed by atoms with E-state index < -0.39 is 0 Å². The number of amides is 1. The summed E-state index contributed by atoms with van der Waals surface area (Å²) >= 11 is 7.46. The van der Waals surface area contributed by atoms with Crippen molar-refractivity contribution in [3.63, 3.8) is 0 Å². The summed E-state index contributed by atoms with van der Waals surface area (Å²) in [5, 5.41) is 10.3. The smallest absolute Gasteiger partial charge is 0.233 e. The number of benzene rings is 2. The molecule has 7 nitrogen and oxygen atoms in total. The lowest BCUT2D eigenvalue weighted by Gasteiger charge is -2.28. The molecule has 1 aromatic heterocycles. The lowest BCUT2D eigenvalue weighted by Crippen LogP contribution is -2.32. The maximum absolute atomic E-state index is 12.9. The molecule has 1 aliphatic heterocycles. The van der Waals surface area contributed by atoms with Crippen molar-refractivity contribution >= 4 is 35.2 Å². The Bertz CT molecular complexity index is 1100. The fourth-order valence-electron chi connectivity index (χ4n) is 3.91. The van der Waals surface area contributed by atoms with Gasteiger partial charge in [0.25, 0.3) is 0 Å². The number of hydrogen-bond acceptors (Lipinski definition) is 6. The zero-order chi connectivity index (χ0) is 23.2. The van der Waals surface area contributed by atoms with Crippen molar-refractivity contribution < 1.29 is 9.53 Å². The average molecular weight is 486 g/mol. The zero-order valence-electron chi connectivity index (χ0n) is 18.9. The predicted octanol–water partition coefficient (Wildman–Crippen LogP) is 4.67. The highest BCUT2D eigenvalue weighted by molar-refractivity contribution is 7.99. The van der Waals surface area contributed by atoms with Crippen LogP contribution in [0.5, 0.6) is 5.75 Å². The Morgan fingerprint density at radius 3 is 2.67 bits per heavy atom. The van der Waals surface area contributed by atoms with Crippen molar-refractivity contribution in [1.82, 2.24) is 19.7 Å². The fourth-order valence-corrected chi connectivity index (χ4v) is 5.01. The number of carbonyl (C=O) groups excluding carboxylic acids is 1. The van der Waals surface area contributed by atoms with Gasteiger partial charge in [-0.2, -0.15) is 0 Å². The minimum absolute atomic E-state index is 0.00840. The molecule has 0 unspecified atom stereocenters. The lowest BCUT2D eigenvalue weighted by molar-refractivity contribution is -0.127. The second-order valence-corrected chi connectivity index (χ2v) is 9.38. The molecule has 1 aliphatic rings. The number of halogens is 1. The van der Waals surface area contributed by atoms with Crippen LogP contribution in [-0.4, -0.2) is 58.6 Å². The van der Waals surface area contributed by atoms with Gasteiger partial charge in [0.1, 0.15) is 5.75 Å². The predicted molar refractivity (Wildman–Crippen MR) is 133 cm³/mol. The third kappa shape index (κ3) is 5.62. The molecule has 0 radical (unpaired) electrons. The van der Waals surface area contributed by atoms with Crippen molar-refractivity contribution in [3.8, 4) is 11.4 Å². The Balaban J connectivity index is 1.54. The third-order valence-electron chi connectivity index (χ3n) is 5.64. The number of ether oxygens (including phenoxy) is 1. The first-order valence-electron chi connectivity index (χ1n) is 11.0. The van der Waals surface area contributed by atoms with Crippen LogP contribution in [0.15, 0.2) is 53.7 Å². The minimum Gasteiger partial charge on any atom is -0.495 e. The molecule has 0 spiro atoms. The Morgan fingerprint density at radius 1 is 1.12 bits per heavy atom. The molecule has 1 saturated heterocycles. The molecule has 2 heterocycles. The van der Waals surface area contributed by atoms with E-state index in [2.05, 4.69) is 15.1 Å². The number of piperidine rings is 1. The van der Waals surface area contributed by atoms with E-state index in [1.165, 1.54) is 18.2 Å². The van der Waals surface area contributed by atoms with E-state index in [1.807, 2.05) is 53.1 Å². The number of hydrogen-bond donors (Lipinski definition) is 0. The number of nitrogens with zero attached hydrogens (tertiary/aromatic N) is 5. The number of anilines is 1. The van der Waals surface area contributed by atoms with E-state index in [-0.39, 0.29) is 11.7 Å². The molecule has 33 heavy (non-hydrogen) atoms. The number of carbonyl (C=O) groups is 1. The highest BCUT2D eigenvalue weighted by Gasteiger charge is 2.24. The number of para-hydroxylation sites is 2. The third-order valence-corrected chi connectivity index (χ3v) is 6.79. The van der Waals surface area contributed by atoms with Crippen LogP contribution in [-0.2, 0) is 11.3 Å². The van der Waals surface area contributed by atoms with Gasteiger partial charge in [0.15, 0.2) is 5.16 Å². The highest BCUT2D eigenvalue weighted by Crippen LogP contribution is 2.32. The molecule has 0 atom stereocenters. The second-order valence-electron chi connectivity index (χ2n) is 8.01. The summed E-state index contributed by atoms with van der Waals surface area (Å²) in [6.45, 7) is 2.39. The van der Waals surface area contributed by atoms with Crippen LogP contribution in [0.4, 0.5) is 5.95 Å². The zero-order valence-corrected chi connectivity index (χ0v) is 20.5. The van der Waals surface area contributed by atoms with Gasteiger partial charge in [0.2, 0.25) is 11.9 Å². The van der Waals surface area contributed by atoms with Crippen LogP contribution in [0.1, 0.15) is 24.8 Å². The van der Waals surface area contributed by atoms with E-state index in [0.717, 1.165) is 48.9 Å². The summed E-state index contributed by atoms with van der Waals surface area (Å²) in [4.78, 5) is 16.8. The van der Waals surface area contributed by atoms with Gasteiger partial charge in [-0.1, -0.05) is 47.6 Å². The SMILES string of the molecule is COc1ccccc1-n1c(SCC(=O)N(C)Cc2cccc(Cl)c2)nnc1N1CCCCC1. The molecule has 3 aromatic rings. The maximum atomic E-state index is 12.9. The number of methoxy groups -OCH3 is 1. The largest absolute Gasteiger partial charge is 0.495 e. The molecular formula is C24H28ClN5O2S. The summed E-state index contributed by atoms with van der Waals surface area (Å²) in [5.41, 5.74) is 1.86. The van der Waals surface area contributed by atoms with E-state index >= 15 is 0 Å². The first-order valence-corrected chi connectivity index (χ1v) is 12.4. The molecule has 4 rings (SSSR count). The monoisotopic (exact) mass is 485 g/mol. The van der Waals surface area contributed by atoms with Gasteiger partial charge < -0.3 is 14.5 Å². The van der Waals surface area contributed by atoms with Crippen molar-refractivity contribution in [2.24, 2.45) is 0 Å². The molecule has 0 bridgehead atoms. The molecule has 9 heteroatoms. The summed E-state index contributed by atoms with van der Waals surface area (Å²) in [6, 6.07) is 15.4. The number of aromatic nitrogens is 3. The van der Waals surface area contributed by atoms with Crippen LogP contribution in [0, 0.1) is 0 Å². The van der Waals surface area contributed by atoms with Gasteiger partial charge >= 0.3 is 0 Å². The van der Waals surface area contributed by atoms with Gasteiger partial charge in [-0.3, -0.25) is 9.36 Å². The van der Waals surface area contributed by atoms with Crippen LogP contribution in [0.25, 0.3) is 5.69 Å². The Kier molecular flexibility index (Phi) is 7.77. The molecule has 0 N–H and O–H groups in total. The number of rotatable bonds is 8. The van der Waals surface area contributed by atoms with E-state index in [0.29, 0.717) is 16.7 Å². The molecule has 174 valence electrons. The average Bonchev–Trinajstić information content (AvgIpc) is 3.26. The van der Waals surface area contributed by atoms with Crippen LogP contribution >= 0.6 is 23.4 Å². The fraction of sp³-hybridized carbons (Fsp3) is 0.375. The van der Waals surface area contributed by atoms with Crippen molar-refractivity contribution in [2.45, 2.75) is 31.0 Å². The van der Waals surface area contributed by atoms with E-state index in [1.54, 1.807) is 19.1 Å². The van der Waals surface area contributed by atoms with E-state index in [9.17, 15) is 4.79 Å². The van der Waals surface area contributed by atoms with Gasteiger partial charge in [0.05, 0.1) is 18.6 Å². The highest BCUT2D eigenvalue weighted by atomic mass is 35.5. The minimum atomic E-state index is 0.00840. The summed E-state index contributed by atoms with van der Waals surface area (Å²) < 4.78 is 7.63. The Morgan fingerprint density at radius 2 is 1.91 bits per heavy atom. The summed E-state index contributed by atoms with van der Waals surface area (Å²) in [5.74, 6) is 1.79. The molecule has 0 saturated carbocycles. The summed E-state index contributed by atoms with van der Waals surface area (Å²) in [7, 11) is 3.46. The molecule has 0 aliphatic carbocycles. The van der Waals surface area contributed by atoms with Crippen molar-refractivity contribution in [3.05, 3.63) is 59.1 Å². The first kappa shape index (κ1) is 23.4. The normalized spacial score (nSPS) is 13.7. The van der Waals surface area contributed by atoms with Crippen LogP contribution in [0.3, 0.4) is 0 Å². The number of thioether (sulfide) groups is 1. The van der Waals surface area contributed by atoms with E-state index in [4.69, 9.17) is 16.3 Å². The quantitative estimate of drug-likeness (QED) is 0.432. The molecular weight excluding hydrogens is 458 g/mol. The van der Waals surface area contributed by atoms with Crippen molar-refractivity contribution in [2.75, 3.05) is 37.9 Å². The Labute approximate surface area is 203 Å². The van der Waals surface area contributed by atoms with Crippen LogP contribution in [0.2, 0.25) is 5.02 Å². The van der Waals surface area contributed by atoms with Gasteiger partial charge in [-0.05, 0) is 49.1 Å². The molecule has 1 fully saturated rings. The van der Waals surface area contributed by atoms with Gasteiger partial charge in [0, 0.05) is 31.7 Å².